The van der Waals surface area contributed by atoms with Gasteiger partial charge in [0.1, 0.15) is 0 Å². The second-order valence-corrected chi connectivity index (χ2v) is 9.75. The highest BCUT2D eigenvalue weighted by Gasteiger charge is 2.38. The lowest BCUT2D eigenvalue weighted by Crippen LogP contribution is -2.30. The molecule has 0 spiro atoms. The number of rotatable bonds is 8. The summed E-state index contributed by atoms with van der Waals surface area (Å²) in [6.07, 6.45) is -1.49. The van der Waals surface area contributed by atoms with E-state index in [0.29, 0.717) is 36.2 Å². The van der Waals surface area contributed by atoms with E-state index in [9.17, 15) is 22.8 Å². The zero-order valence-corrected chi connectivity index (χ0v) is 20.7. The van der Waals surface area contributed by atoms with Crippen LogP contribution in [0.5, 0.6) is 0 Å². The third-order valence-corrected chi connectivity index (χ3v) is 6.96. The van der Waals surface area contributed by atoms with Gasteiger partial charge in [0, 0.05) is 19.0 Å². The van der Waals surface area contributed by atoms with Gasteiger partial charge in [0.25, 0.3) is 5.91 Å². The number of amides is 2. The molecule has 4 nitrogen and oxygen atoms in total. The molecular weight excluding hydrogens is 488 g/mol. The summed E-state index contributed by atoms with van der Waals surface area (Å²) in [6.45, 7) is 6.27. The zero-order chi connectivity index (χ0) is 25.2. The van der Waals surface area contributed by atoms with Crippen molar-refractivity contribution in [3.63, 3.8) is 0 Å². The lowest BCUT2D eigenvalue weighted by atomic mass is 9.95. The Hall–Kier alpha value is -2.25. The summed E-state index contributed by atoms with van der Waals surface area (Å²) in [7, 11) is 0. The predicted octanol–water partition coefficient (Wildman–Crippen LogP) is 6.79. The Kier molecular flexibility index (Phi) is 8.19. The molecule has 3 rings (SSSR count). The monoisotopic (exact) mass is 514 g/mol. The minimum absolute atomic E-state index is 0.162. The number of halogens is 5. The largest absolute Gasteiger partial charge is 0.416 e. The molecule has 1 aliphatic rings. The summed E-state index contributed by atoms with van der Waals surface area (Å²) in [5, 5.41) is 3.10. The number of aryl methyl sites for hydroxylation is 1. The van der Waals surface area contributed by atoms with E-state index in [-0.39, 0.29) is 34.0 Å². The second-order valence-electron chi connectivity index (χ2n) is 8.96. The van der Waals surface area contributed by atoms with Gasteiger partial charge >= 0.3 is 6.18 Å². The summed E-state index contributed by atoms with van der Waals surface area (Å²) in [4.78, 5) is 25.5. The topological polar surface area (TPSA) is 49.4 Å². The van der Waals surface area contributed by atoms with Crippen LogP contribution in [0.1, 0.15) is 65.2 Å². The van der Waals surface area contributed by atoms with Crippen LogP contribution in [0.25, 0.3) is 0 Å². The van der Waals surface area contributed by atoms with Gasteiger partial charge < -0.3 is 10.2 Å². The van der Waals surface area contributed by atoms with Crippen LogP contribution in [-0.4, -0.2) is 25.4 Å². The first-order valence-electron chi connectivity index (χ1n) is 11.1. The molecule has 184 valence electrons. The van der Waals surface area contributed by atoms with Crippen LogP contribution in [0.15, 0.2) is 24.3 Å². The number of hydrogen-bond acceptors (Lipinski definition) is 2. The van der Waals surface area contributed by atoms with Gasteiger partial charge in [-0.15, -0.1) is 0 Å². The van der Waals surface area contributed by atoms with Gasteiger partial charge in [-0.2, -0.15) is 13.2 Å². The van der Waals surface area contributed by atoms with Crippen molar-refractivity contribution in [3.05, 3.63) is 62.1 Å². The summed E-state index contributed by atoms with van der Waals surface area (Å²) in [5.41, 5.74) is 1.57. The number of nitrogens with zero attached hydrogens (tertiary/aromatic N) is 1. The average molecular weight is 515 g/mol. The maximum absolute atomic E-state index is 13.6. The Labute approximate surface area is 207 Å². The van der Waals surface area contributed by atoms with E-state index in [0.717, 1.165) is 30.5 Å². The molecule has 34 heavy (non-hydrogen) atoms. The van der Waals surface area contributed by atoms with Crippen LogP contribution in [-0.2, 0) is 17.4 Å². The van der Waals surface area contributed by atoms with Crippen molar-refractivity contribution in [3.8, 4) is 0 Å². The minimum atomic E-state index is -4.46. The maximum atomic E-state index is 13.6. The SMILES string of the molecule is Cc1cc(C(F)(F)F)cc2c1N(C(=O)c1c(Cl)ccc(C[C@@H](C)CCCNC=O)c1Cl)CC2C. The Morgan fingerprint density at radius 3 is 2.65 bits per heavy atom. The molecule has 2 aromatic rings. The number of benzene rings is 2. The number of anilines is 1. The number of carbonyl (C=O) groups is 2. The van der Waals surface area contributed by atoms with E-state index in [2.05, 4.69) is 12.2 Å². The molecule has 1 aliphatic heterocycles. The molecule has 0 radical (unpaired) electrons. The molecule has 2 aromatic carbocycles. The summed E-state index contributed by atoms with van der Waals surface area (Å²) < 4.78 is 40.0. The Morgan fingerprint density at radius 1 is 1.29 bits per heavy atom. The quantitative estimate of drug-likeness (QED) is 0.311. The average Bonchev–Trinajstić information content (AvgIpc) is 3.10. The van der Waals surface area contributed by atoms with E-state index >= 15 is 0 Å². The Balaban J connectivity index is 1.90. The number of alkyl halides is 3. The van der Waals surface area contributed by atoms with Crippen molar-refractivity contribution >= 4 is 41.2 Å². The molecule has 9 heteroatoms. The molecule has 0 aromatic heterocycles. The molecule has 2 atom stereocenters. The number of nitrogens with one attached hydrogen (secondary N) is 1. The van der Waals surface area contributed by atoms with Crippen molar-refractivity contribution in [1.82, 2.24) is 5.32 Å². The van der Waals surface area contributed by atoms with Gasteiger partial charge in [-0.3, -0.25) is 9.59 Å². The fraction of sp³-hybridized carbons (Fsp3) is 0.440. The molecule has 1 heterocycles. The number of fused-ring (bicyclic) bond motifs is 1. The fourth-order valence-corrected chi connectivity index (χ4v) is 5.15. The van der Waals surface area contributed by atoms with Gasteiger partial charge in [0.05, 0.1) is 26.9 Å². The third-order valence-electron chi connectivity index (χ3n) is 6.21. The first-order valence-corrected chi connectivity index (χ1v) is 11.9. The van der Waals surface area contributed by atoms with Crippen LogP contribution in [0.3, 0.4) is 0 Å². The summed E-state index contributed by atoms with van der Waals surface area (Å²) in [6, 6.07) is 5.62. The Bertz CT molecular complexity index is 1090. The van der Waals surface area contributed by atoms with E-state index in [4.69, 9.17) is 23.2 Å². The molecule has 2 amide bonds. The highest BCUT2D eigenvalue weighted by molar-refractivity contribution is 6.41. The van der Waals surface area contributed by atoms with Gasteiger partial charge in [0.2, 0.25) is 6.41 Å². The first kappa shape index (κ1) is 26.4. The molecule has 1 unspecified atom stereocenters. The maximum Gasteiger partial charge on any atom is 0.416 e. The van der Waals surface area contributed by atoms with Gasteiger partial charge in [0.15, 0.2) is 0 Å². The normalized spacial score (nSPS) is 16.4. The van der Waals surface area contributed by atoms with E-state index in [1.165, 1.54) is 4.90 Å². The van der Waals surface area contributed by atoms with Gasteiger partial charge in [-0.25, -0.2) is 0 Å². The molecule has 0 fully saturated rings. The van der Waals surface area contributed by atoms with Crippen molar-refractivity contribution < 1.29 is 22.8 Å². The molecule has 0 saturated carbocycles. The third kappa shape index (κ3) is 5.52. The van der Waals surface area contributed by atoms with Crippen LogP contribution < -0.4 is 10.2 Å². The molecule has 1 N–H and O–H groups in total. The van der Waals surface area contributed by atoms with E-state index < -0.39 is 17.6 Å². The van der Waals surface area contributed by atoms with Crippen LogP contribution in [0.2, 0.25) is 10.0 Å². The first-order chi connectivity index (χ1) is 16.0. The smallest absolute Gasteiger partial charge is 0.359 e. The lowest BCUT2D eigenvalue weighted by molar-refractivity contribution is -0.137. The minimum Gasteiger partial charge on any atom is -0.359 e. The zero-order valence-electron chi connectivity index (χ0n) is 19.2. The van der Waals surface area contributed by atoms with Crippen LogP contribution >= 0.6 is 23.2 Å². The molecular formula is C25H27Cl2F3N2O2. The predicted molar refractivity (Wildman–Crippen MR) is 129 cm³/mol. The van der Waals surface area contributed by atoms with Crippen molar-refractivity contribution in [1.29, 1.82) is 0 Å². The standard InChI is InChI=1S/C25H27Cl2F3N2O2/c1-14(5-4-8-31-13-33)9-17-6-7-20(26)21(22(17)27)24(34)32-12-16(3)19-11-18(25(28,29)30)10-15(2)23(19)32/h6-7,10-11,13-14,16H,4-5,8-9,12H2,1-3H3,(H,31,33)/t14-,16?/m0/s1. The Morgan fingerprint density at radius 2 is 2.00 bits per heavy atom. The van der Waals surface area contributed by atoms with Crippen LogP contribution in [0, 0.1) is 12.8 Å². The van der Waals surface area contributed by atoms with E-state index in [1.807, 2.05) is 0 Å². The van der Waals surface area contributed by atoms with Gasteiger partial charge in [-0.1, -0.05) is 43.1 Å². The highest BCUT2D eigenvalue weighted by Crippen LogP contribution is 2.44. The van der Waals surface area contributed by atoms with Crippen LogP contribution in [0.4, 0.5) is 18.9 Å². The fourth-order valence-electron chi connectivity index (χ4n) is 4.54. The number of hydrogen-bond donors (Lipinski definition) is 1. The second kappa shape index (κ2) is 10.6. The van der Waals surface area contributed by atoms with Crippen molar-refractivity contribution in [2.24, 2.45) is 5.92 Å². The van der Waals surface area contributed by atoms with Crippen molar-refractivity contribution in [2.45, 2.75) is 52.1 Å². The summed E-state index contributed by atoms with van der Waals surface area (Å²) >= 11 is 13.1. The summed E-state index contributed by atoms with van der Waals surface area (Å²) in [5.74, 6) is -0.431. The highest BCUT2D eigenvalue weighted by atomic mass is 35.5. The molecule has 0 saturated heterocycles. The lowest BCUT2D eigenvalue weighted by Gasteiger charge is -2.23. The van der Waals surface area contributed by atoms with Gasteiger partial charge in [-0.05, 0) is 67.0 Å². The number of carbonyl (C=O) groups excluding carboxylic acids is 2. The molecule has 0 bridgehead atoms. The molecule has 0 aliphatic carbocycles. The van der Waals surface area contributed by atoms with Crippen molar-refractivity contribution in [2.75, 3.05) is 18.0 Å². The van der Waals surface area contributed by atoms with E-state index in [1.54, 1.807) is 26.0 Å².